The first kappa shape index (κ1) is 16.1. The fourth-order valence-electron chi connectivity index (χ4n) is 2.96. The summed E-state index contributed by atoms with van der Waals surface area (Å²) < 4.78 is 13.6. The highest BCUT2D eigenvalue weighted by Gasteiger charge is 2.41. The number of ketones is 1. The average Bonchev–Trinajstić information content (AvgIpc) is 3.30. The van der Waals surface area contributed by atoms with Crippen LogP contribution in [0.3, 0.4) is 0 Å². The van der Waals surface area contributed by atoms with Crippen molar-refractivity contribution in [2.75, 3.05) is 11.5 Å². The minimum absolute atomic E-state index is 0.0390. The molecule has 1 heterocycles. The number of nitrogens with two attached hydrogens (primary N) is 2. The van der Waals surface area contributed by atoms with E-state index in [0.717, 1.165) is 36.2 Å². The number of benzene rings is 1. The monoisotopic (exact) mass is 326 g/mol. The third kappa shape index (κ3) is 2.35. The Labute approximate surface area is 139 Å². The van der Waals surface area contributed by atoms with Gasteiger partial charge in [0, 0.05) is 23.5 Å². The van der Waals surface area contributed by atoms with E-state index in [1.165, 1.54) is 6.07 Å². The number of carbonyl (C=O) groups excluding carboxylic acids is 1. The number of carbonyl (C=O) groups is 1. The van der Waals surface area contributed by atoms with Crippen LogP contribution < -0.4 is 11.5 Å². The second-order valence-corrected chi connectivity index (χ2v) is 6.52. The zero-order valence-corrected chi connectivity index (χ0v) is 13.6. The van der Waals surface area contributed by atoms with Gasteiger partial charge < -0.3 is 16.9 Å². The molecule has 124 valence electrons. The maximum Gasteiger partial charge on any atom is 0.214 e. The normalized spacial score (nSPS) is 15.1. The summed E-state index contributed by atoms with van der Waals surface area (Å²) in [5.74, 6) is -1.13. The van der Waals surface area contributed by atoms with Gasteiger partial charge in [-0.2, -0.15) is 0 Å². The minimum atomic E-state index is -0.667. The Balaban J connectivity index is 2.11. The predicted molar refractivity (Wildman–Crippen MR) is 92.1 cm³/mol. The molecule has 1 saturated carbocycles. The zero-order chi connectivity index (χ0) is 17.6. The Bertz CT molecular complexity index is 872. The van der Waals surface area contributed by atoms with E-state index in [0.29, 0.717) is 5.69 Å². The van der Waals surface area contributed by atoms with E-state index in [1.807, 2.05) is 6.92 Å². The molecule has 0 saturated heterocycles. The molecule has 6 heteroatoms. The predicted octanol–water partition coefficient (Wildman–Crippen LogP) is 2.97. The summed E-state index contributed by atoms with van der Waals surface area (Å²) in [6.07, 6.45) is 4.72. The summed E-state index contributed by atoms with van der Waals surface area (Å²) >= 11 is 0. The Morgan fingerprint density at radius 3 is 2.58 bits per heavy atom. The Hall–Kier alpha value is -2.76. The number of nitrogen functional groups attached to an aromatic ring is 2. The van der Waals surface area contributed by atoms with E-state index >= 15 is 0 Å². The van der Waals surface area contributed by atoms with E-state index in [2.05, 4.69) is 11.9 Å². The van der Waals surface area contributed by atoms with E-state index in [1.54, 1.807) is 6.20 Å². The lowest BCUT2D eigenvalue weighted by Gasteiger charge is -2.16. The number of nitrogens with zero attached hydrogens (tertiary/aromatic N) is 1. The average molecular weight is 326 g/mol. The Morgan fingerprint density at radius 1 is 1.33 bits per heavy atom. The molecular weight excluding hydrogens is 307 g/mol. The molecule has 3 rings (SSSR count). The summed E-state index contributed by atoms with van der Waals surface area (Å²) in [6.45, 7) is 4.02. The zero-order valence-electron chi connectivity index (χ0n) is 13.6. The van der Waals surface area contributed by atoms with Crippen molar-refractivity contribution < 1.29 is 9.18 Å². The third-order valence-electron chi connectivity index (χ3n) is 4.87. The highest BCUT2D eigenvalue weighted by molar-refractivity contribution is 6.15. The number of aromatic nitrogens is 1. The summed E-state index contributed by atoms with van der Waals surface area (Å²) in [7, 11) is 0. The van der Waals surface area contributed by atoms with Crippen LogP contribution in [0.4, 0.5) is 15.8 Å². The standard InChI is InChI=1S/C18H19FN4O/c1-9-12(18(2)5-6-18)8-23-16(14(9)21)17(24)10-3-4-13(19)15(22)11(10)7-20/h3-4,7-8,20H,5-6,21-22H2,1-2H3. The fraction of sp³-hybridized carbons (Fsp3) is 0.278. The number of anilines is 2. The highest BCUT2D eigenvalue weighted by Crippen LogP contribution is 2.49. The van der Waals surface area contributed by atoms with Gasteiger partial charge >= 0.3 is 0 Å². The Morgan fingerprint density at radius 2 is 2.00 bits per heavy atom. The van der Waals surface area contributed by atoms with Gasteiger partial charge in [0.1, 0.15) is 11.5 Å². The summed E-state index contributed by atoms with van der Waals surface area (Å²) in [5, 5.41) is 7.42. The van der Waals surface area contributed by atoms with E-state index in [4.69, 9.17) is 16.9 Å². The van der Waals surface area contributed by atoms with Gasteiger partial charge in [-0.05, 0) is 48.4 Å². The largest absolute Gasteiger partial charge is 0.397 e. The van der Waals surface area contributed by atoms with Gasteiger partial charge in [-0.1, -0.05) is 6.92 Å². The molecule has 24 heavy (non-hydrogen) atoms. The van der Waals surface area contributed by atoms with Crippen molar-refractivity contribution in [1.82, 2.24) is 4.98 Å². The SMILES string of the molecule is Cc1c(C2(C)CC2)cnc(C(=O)c2ccc(F)c(N)c2C=N)c1N. The van der Waals surface area contributed by atoms with Gasteiger partial charge in [-0.25, -0.2) is 4.39 Å². The van der Waals surface area contributed by atoms with Crippen molar-refractivity contribution >= 4 is 23.4 Å². The highest BCUT2D eigenvalue weighted by atomic mass is 19.1. The Kier molecular flexibility index (Phi) is 3.63. The van der Waals surface area contributed by atoms with Crippen LogP contribution in [0.25, 0.3) is 0 Å². The maximum absolute atomic E-state index is 13.6. The third-order valence-corrected chi connectivity index (χ3v) is 4.87. The molecule has 5 N–H and O–H groups in total. The van der Waals surface area contributed by atoms with Crippen LogP contribution in [-0.4, -0.2) is 17.0 Å². The first-order chi connectivity index (χ1) is 11.3. The van der Waals surface area contributed by atoms with Crippen molar-refractivity contribution in [3.63, 3.8) is 0 Å². The molecule has 0 atom stereocenters. The van der Waals surface area contributed by atoms with Gasteiger partial charge in [0.05, 0.1) is 11.4 Å². The topological polar surface area (TPSA) is 106 Å². The summed E-state index contributed by atoms with van der Waals surface area (Å²) in [4.78, 5) is 17.1. The second kappa shape index (κ2) is 5.40. The van der Waals surface area contributed by atoms with Gasteiger partial charge in [0.15, 0.2) is 0 Å². The second-order valence-electron chi connectivity index (χ2n) is 6.52. The number of pyridine rings is 1. The summed E-state index contributed by atoms with van der Waals surface area (Å²) in [5.41, 5.74) is 14.2. The number of halogens is 1. The van der Waals surface area contributed by atoms with Crippen LogP contribution in [0.15, 0.2) is 18.3 Å². The molecule has 2 aromatic rings. The van der Waals surface area contributed by atoms with Crippen LogP contribution in [0.2, 0.25) is 0 Å². The molecule has 0 aliphatic heterocycles. The fourth-order valence-corrected chi connectivity index (χ4v) is 2.96. The molecule has 1 aliphatic rings. The molecule has 0 spiro atoms. The molecule has 0 radical (unpaired) electrons. The molecular formula is C18H19FN4O. The lowest BCUT2D eigenvalue weighted by atomic mass is 9.92. The molecule has 0 amide bonds. The van der Waals surface area contributed by atoms with E-state index in [9.17, 15) is 9.18 Å². The number of hydrogen-bond donors (Lipinski definition) is 3. The van der Waals surface area contributed by atoms with Gasteiger partial charge in [-0.15, -0.1) is 0 Å². The van der Waals surface area contributed by atoms with Crippen molar-refractivity contribution in [2.24, 2.45) is 0 Å². The summed E-state index contributed by atoms with van der Waals surface area (Å²) in [6, 6.07) is 2.42. The first-order valence-corrected chi connectivity index (χ1v) is 7.69. The number of rotatable bonds is 4. The number of hydrogen-bond acceptors (Lipinski definition) is 5. The molecule has 1 aromatic carbocycles. The molecule has 0 unspecified atom stereocenters. The lowest BCUT2D eigenvalue weighted by Crippen LogP contribution is -2.16. The van der Waals surface area contributed by atoms with E-state index < -0.39 is 11.6 Å². The van der Waals surface area contributed by atoms with Gasteiger partial charge in [0.25, 0.3) is 0 Å². The van der Waals surface area contributed by atoms with Crippen LogP contribution in [-0.2, 0) is 5.41 Å². The smallest absolute Gasteiger partial charge is 0.214 e. The van der Waals surface area contributed by atoms with Crippen LogP contribution in [0.1, 0.15) is 52.5 Å². The molecule has 1 fully saturated rings. The lowest BCUT2D eigenvalue weighted by molar-refractivity contribution is 0.103. The van der Waals surface area contributed by atoms with Crippen molar-refractivity contribution in [1.29, 1.82) is 5.41 Å². The minimum Gasteiger partial charge on any atom is -0.397 e. The van der Waals surface area contributed by atoms with Gasteiger partial charge in [0.2, 0.25) is 5.78 Å². The molecule has 5 nitrogen and oxygen atoms in total. The van der Waals surface area contributed by atoms with Crippen LogP contribution in [0.5, 0.6) is 0 Å². The quantitative estimate of drug-likeness (QED) is 0.456. The first-order valence-electron chi connectivity index (χ1n) is 7.69. The molecule has 0 bridgehead atoms. The van der Waals surface area contributed by atoms with Crippen LogP contribution in [0, 0.1) is 18.2 Å². The number of nitrogens with one attached hydrogen (secondary N) is 1. The van der Waals surface area contributed by atoms with Crippen LogP contribution >= 0.6 is 0 Å². The van der Waals surface area contributed by atoms with E-state index in [-0.39, 0.29) is 27.9 Å². The van der Waals surface area contributed by atoms with Crippen molar-refractivity contribution in [2.45, 2.75) is 32.1 Å². The van der Waals surface area contributed by atoms with Crippen molar-refractivity contribution in [3.8, 4) is 0 Å². The molecule has 1 aromatic heterocycles. The maximum atomic E-state index is 13.6. The van der Waals surface area contributed by atoms with Crippen molar-refractivity contribution in [3.05, 3.63) is 52.1 Å². The van der Waals surface area contributed by atoms with Gasteiger partial charge in [-0.3, -0.25) is 9.78 Å². The molecule has 1 aliphatic carbocycles.